The maximum atomic E-state index is 11.0. The highest BCUT2D eigenvalue weighted by Gasteiger charge is 2.13. The Morgan fingerprint density at radius 2 is 1.20 bits per heavy atom. The van der Waals surface area contributed by atoms with Gasteiger partial charge in [0.2, 0.25) is 0 Å². The predicted octanol–water partition coefficient (Wildman–Crippen LogP) is 4.58. The van der Waals surface area contributed by atoms with Crippen LogP contribution < -0.4 is 10.6 Å². The van der Waals surface area contributed by atoms with Crippen molar-refractivity contribution in [3.63, 3.8) is 0 Å². The monoisotopic (exact) mass is 342 g/mol. The van der Waals surface area contributed by atoms with Crippen LogP contribution in [0.25, 0.3) is 0 Å². The van der Waals surface area contributed by atoms with Crippen LogP contribution in [0.3, 0.4) is 0 Å². The Balaban J connectivity index is 2.43. The summed E-state index contributed by atoms with van der Waals surface area (Å²) in [7, 11) is 0. The lowest BCUT2D eigenvalue weighted by Crippen LogP contribution is -2.12. The Kier molecular flexibility index (Phi) is 6.00. The largest absolute Gasteiger partial charge is 0.465 e. The molecule has 0 unspecified atom stereocenters. The van der Waals surface area contributed by atoms with E-state index in [-0.39, 0.29) is 0 Å². The molecular formula is C19H22N2O4. The Bertz CT molecular complexity index is 721. The van der Waals surface area contributed by atoms with Gasteiger partial charge >= 0.3 is 12.2 Å². The molecule has 0 atom stereocenters. The van der Waals surface area contributed by atoms with Crippen molar-refractivity contribution in [2.45, 2.75) is 33.1 Å². The second kappa shape index (κ2) is 8.19. The molecule has 0 saturated carbocycles. The highest BCUT2D eigenvalue weighted by molar-refractivity contribution is 5.85. The van der Waals surface area contributed by atoms with Gasteiger partial charge < -0.3 is 10.2 Å². The molecule has 132 valence electrons. The van der Waals surface area contributed by atoms with Crippen molar-refractivity contribution in [2.75, 3.05) is 10.6 Å². The van der Waals surface area contributed by atoms with Crippen LogP contribution in [0, 0.1) is 0 Å². The summed E-state index contributed by atoms with van der Waals surface area (Å²) in [5, 5.41) is 22.9. The van der Waals surface area contributed by atoms with Gasteiger partial charge in [-0.2, -0.15) is 0 Å². The third-order valence-corrected chi connectivity index (χ3v) is 4.12. The van der Waals surface area contributed by atoms with Crippen LogP contribution in [0.5, 0.6) is 0 Å². The lowest BCUT2D eigenvalue weighted by Gasteiger charge is -2.17. The summed E-state index contributed by atoms with van der Waals surface area (Å²) in [5.74, 6) is 0. The maximum Gasteiger partial charge on any atom is 0.409 e. The zero-order valence-corrected chi connectivity index (χ0v) is 14.3. The number of benzene rings is 2. The van der Waals surface area contributed by atoms with Crippen molar-refractivity contribution >= 4 is 23.6 Å². The molecule has 0 bridgehead atoms. The van der Waals surface area contributed by atoms with E-state index in [1.54, 1.807) is 12.1 Å². The SMILES string of the molecule is CCc1c(Cc2cccc(NC(=O)O)c2CC)cccc1NC(=O)O. The molecule has 2 amide bonds. The first-order valence-electron chi connectivity index (χ1n) is 8.17. The first-order valence-corrected chi connectivity index (χ1v) is 8.17. The van der Waals surface area contributed by atoms with Gasteiger partial charge in [-0.25, -0.2) is 9.59 Å². The number of rotatable bonds is 6. The summed E-state index contributed by atoms with van der Waals surface area (Å²) in [5.41, 5.74) is 5.12. The van der Waals surface area contributed by atoms with Crippen LogP contribution in [0.2, 0.25) is 0 Å². The molecule has 4 N–H and O–H groups in total. The number of anilines is 2. The van der Waals surface area contributed by atoms with E-state index >= 15 is 0 Å². The number of carbonyl (C=O) groups is 2. The van der Waals surface area contributed by atoms with Crippen molar-refractivity contribution in [1.82, 2.24) is 0 Å². The van der Waals surface area contributed by atoms with Gasteiger partial charge in [0, 0.05) is 11.4 Å². The van der Waals surface area contributed by atoms with Gasteiger partial charge in [-0.3, -0.25) is 10.6 Å². The molecule has 2 aromatic carbocycles. The van der Waals surface area contributed by atoms with E-state index in [9.17, 15) is 9.59 Å². The van der Waals surface area contributed by atoms with Crippen LogP contribution in [-0.2, 0) is 19.3 Å². The number of hydrogen-bond acceptors (Lipinski definition) is 2. The molecule has 0 saturated heterocycles. The van der Waals surface area contributed by atoms with Gasteiger partial charge in [0.25, 0.3) is 0 Å². The highest BCUT2D eigenvalue weighted by Crippen LogP contribution is 2.27. The lowest BCUT2D eigenvalue weighted by atomic mass is 9.92. The van der Waals surface area contributed by atoms with Gasteiger partial charge in [0.15, 0.2) is 0 Å². The summed E-state index contributed by atoms with van der Waals surface area (Å²) < 4.78 is 0. The Morgan fingerprint density at radius 3 is 1.52 bits per heavy atom. The molecule has 2 rings (SSSR count). The standard InChI is InChI=1S/C19H22N2O4/c1-3-14-12(7-5-9-16(14)20-18(22)23)11-13-8-6-10-17(15(13)4-2)21-19(24)25/h5-10,20-21H,3-4,11H2,1-2H3,(H,22,23)(H,24,25). The third-order valence-electron chi connectivity index (χ3n) is 4.12. The van der Waals surface area contributed by atoms with E-state index in [1.165, 1.54) is 0 Å². The molecule has 0 aliphatic heterocycles. The van der Waals surface area contributed by atoms with Crippen LogP contribution in [0.1, 0.15) is 36.1 Å². The maximum absolute atomic E-state index is 11.0. The first-order chi connectivity index (χ1) is 12.0. The zero-order chi connectivity index (χ0) is 18.4. The van der Waals surface area contributed by atoms with Gasteiger partial charge in [0.1, 0.15) is 0 Å². The number of nitrogens with one attached hydrogen (secondary N) is 2. The van der Waals surface area contributed by atoms with Crippen molar-refractivity contribution in [2.24, 2.45) is 0 Å². The van der Waals surface area contributed by atoms with Crippen LogP contribution in [0.4, 0.5) is 21.0 Å². The minimum absolute atomic E-state index is 0.588. The van der Waals surface area contributed by atoms with E-state index in [1.807, 2.05) is 38.1 Å². The van der Waals surface area contributed by atoms with E-state index in [2.05, 4.69) is 10.6 Å². The smallest absolute Gasteiger partial charge is 0.409 e. The highest BCUT2D eigenvalue weighted by atomic mass is 16.4. The van der Waals surface area contributed by atoms with Crippen molar-refractivity contribution in [3.8, 4) is 0 Å². The molecule has 0 heterocycles. The second-order valence-electron chi connectivity index (χ2n) is 5.63. The average molecular weight is 342 g/mol. The van der Waals surface area contributed by atoms with E-state index in [0.717, 1.165) is 22.3 Å². The third kappa shape index (κ3) is 4.50. The minimum atomic E-state index is -1.09. The van der Waals surface area contributed by atoms with E-state index in [0.29, 0.717) is 30.6 Å². The van der Waals surface area contributed by atoms with Crippen molar-refractivity contribution < 1.29 is 19.8 Å². The predicted molar refractivity (Wildman–Crippen MR) is 97.7 cm³/mol. The summed E-state index contributed by atoms with van der Waals surface area (Å²) in [6.45, 7) is 3.96. The normalized spacial score (nSPS) is 10.3. The minimum Gasteiger partial charge on any atom is -0.465 e. The van der Waals surface area contributed by atoms with Gasteiger partial charge in [-0.1, -0.05) is 38.1 Å². The fraction of sp³-hybridized carbons (Fsp3) is 0.263. The lowest BCUT2D eigenvalue weighted by molar-refractivity contribution is 0.208. The molecule has 6 heteroatoms. The average Bonchev–Trinajstić information content (AvgIpc) is 2.54. The fourth-order valence-corrected chi connectivity index (χ4v) is 3.11. The molecule has 6 nitrogen and oxygen atoms in total. The molecule has 0 fully saturated rings. The summed E-state index contributed by atoms with van der Waals surface area (Å²) in [6.07, 6.45) is -0.181. The Morgan fingerprint density at radius 1 is 0.800 bits per heavy atom. The molecule has 2 aromatic rings. The van der Waals surface area contributed by atoms with Gasteiger partial charge in [-0.15, -0.1) is 0 Å². The number of carboxylic acid groups (broad SMARTS) is 2. The number of hydrogen-bond donors (Lipinski definition) is 4. The molecule has 25 heavy (non-hydrogen) atoms. The van der Waals surface area contributed by atoms with E-state index < -0.39 is 12.2 Å². The van der Waals surface area contributed by atoms with Gasteiger partial charge in [0.05, 0.1) is 0 Å². The van der Waals surface area contributed by atoms with Gasteiger partial charge in [-0.05, 0) is 53.6 Å². The molecule has 0 aliphatic carbocycles. The second-order valence-corrected chi connectivity index (χ2v) is 5.63. The molecule has 0 spiro atoms. The molecule has 0 radical (unpaired) electrons. The van der Waals surface area contributed by atoms with Crippen molar-refractivity contribution in [3.05, 3.63) is 58.7 Å². The number of amides is 2. The van der Waals surface area contributed by atoms with E-state index in [4.69, 9.17) is 10.2 Å². The zero-order valence-electron chi connectivity index (χ0n) is 14.3. The molecule has 0 aliphatic rings. The Hall–Kier alpha value is -3.02. The van der Waals surface area contributed by atoms with Crippen molar-refractivity contribution in [1.29, 1.82) is 0 Å². The van der Waals surface area contributed by atoms with Crippen LogP contribution >= 0.6 is 0 Å². The van der Waals surface area contributed by atoms with Crippen LogP contribution in [0.15, 0.2) is 36.4 Å². The quantitative estimate of drug-likeness (QED) is 0.617. The fourth-order valence-electron chi connectivity index (χ4n) is 3.11. The topological polar surface area (TPSA) is 98.7 Å². The summed E-state index contributed by atoms with van der Waals surface area (Å²) in [6, 6.07) is 11.1. The molecular weight excluding hydrogens is 320 g/mol. The Labute approximate surface area is 146 Å². The summed E-state index contributed by atoms with van der Waals surface area (Å²) >= 11 is 0. The summed E-state index contributed by atoms with van der Waals surface area (Å²) in [4.78, 5) is 22.0. The van der Waals surface area contributed by atoms with Crippen LogP contribution in [-0.4, -0.2) is 22.4 Å². The first kappa shape index (κ1) is 18.3. The molecule has 0 aromatic heterocycles.